The molecule has 0 spiro atoms. The Balaban J connectivity index is 2.92. The summed E-state index contributed by atoms with van der Waals surface area (Å²) in [6.07, 6.45) is 20.1. The number of aliphatic hydroxyl groups is 2. The average Bonchev–Trinajstić information content (AvgIpc) is 2.43. The lowest BCUT2D eigenvalue weighted by Gasteiger charge is -2.03. The van der Waals surface area contributed by atoms with Crippen LogP contribution >= 0.6 is 0 Å². The summed E-state index contributed by atoms with van der Waals surface area (Å²) in [5.74, 6) is 0. The first-order valence-corrected chi connectivity index (χ1v) is 9.01. The predicted molar refractivity (Wildman–Crippen MR) is 86.7 cm³/mol. The quantitative estimate of drug-likeness (QED) is 0.318. The Hall–Kier alpha value is -0.0800. The molecule has 20 heavy (non-hydrogen) atoms. The molecule has 0 amide bonds. The highest BCUT2D eigenvalue weighted by atomic mass is 16.5. The van der Waals surface area contributed by atoms with Gasteiger partial charge in [-0.2, -0.15) is 0 Å². The maximum Gasteiger partial charge on any atom is 0.218 e. The number of hydrogen-bond donors (Lipinski definition) is 2. The first-order chi connectivity index (χ1) is 9.77. The number of rotatable bonds is 16. The molecule has 0 aromatic carbocycles. The van der Waals surface area contributed by atoms with Crippen molar-refractivity contribution in [1.82, 2.24) is 0 Å². The van der Waals surface area contributed by atoms with Gasteiger partial charge in [0.05, 0.1) is 0 Å². The van der Waals surface area contributed by atoms with Crippen LogP contribution in [0.2, 0.25) is 0 Å². The van der Waals surface area contributed by atoms with E-state index < -0.39 is 6.29 Å². The molecule has 0 aliphatic rings. The topological polar surface area (TPSA) is 40.5 Å². The van der Waals surface area contributed by atoms with Crippen molar-refractivity contribution >= 4 is 0 Å². The van der Waals surface area contributed by atoms with E-state index in [0.717, 1.165) is 12.8 Å². The van der Waals surface area contributed by atoms with Crippen LogP contribution in [0, 0.1) is 6.29 Å². The Morgan fingerprint density at radius 3 is 1.10 bits per heavy atom. The zero-order chi connectivity index (χ0) is 14.9. The van der Waals surface area contributed by atoms with Crippen LogP contribution in [-0.2, 0) is 0 Å². The molecule has 2 heteroatoms. The summed E-state index contributed by atoms with van der Waals surface area (Å²) in [5, 5.41) is 17.3. The molecular weight excluding hydrogens is 248 g/mol. The summed E-state index contributed by atoms with van der Waals surface area (Å²) in [5.41, 5.74) is 0. The van der Waals surface area contributed by atoms with E-state index in [1.807, 2.05) is 0 Å². The molecule has 2 nitrogen and oxygen atoms in total. The predicted octanol–water partition coefficient (Wildman–Crippen LogP) is 6.48. The van der Waals surface area contributed by atoms with E-state index in [0.29, 0.717) is 6.42 Å². The summed E-state index contributed by atoms with van der Waals surface area (Å²) in [6.45, 7) is 2.27. The summed E-state index contributed by atoms with van der Waals surface area (Å²) in [6, 6.07) is 0. The Morgan fingerprint density at radius 2 is 0.800 bits per heavy atom. The van der Waals surface area contributed by atoms with Crippen molar-refractivity contribution in [2.24, 2.45) is 0 Å². The summed E-state index contributed by atoms with van der Waals surface area (Å²) in [7, 11) is 0. The van der Waals surface area contributed by atoms with Gasteiger partial charge in [-0.1, -0.05) is 96.8 Å². The highest BCUT2D eigenvalue weighted by Crippen LogP contribution is 2.14. The van der Waals surface area contributed by atoms with E-state index in [1.54, 1.807) is 0 Å². The SMILES string of the molecule is CCCCCCCCCCCCCCCCC[C](O)O. The van der Waals surface area contributed by atoms with Crippen LogP contribution in [0.3, 0.4) is 0 Å². The van der Waals surface area contributed by atoms with Crippen LogP contribution < -0.4 is 0 Å². The molecule has 0 aliphatic heterocycles. The molecule has 0 saturated heterocycles. The van der Waals surface area contributed by atoms with Crippen LogP contribution in [-0.4, -0.2) is 10.2 Å². The second-order valence-electron chi connectivity index (χ2n) is 6.12. The monoisotopic (exact) mass is 285 g/mol. The van der Waals surface area contributed by atoms with E-state index in [2.05, 4.69) is 6.92 Å². The molecular formula is C18H37O2. The minimum Gasteiger partial charge on any atom is -0.361 e. The van der Waals surface area contributed by atoms with Crippen LogP contribution in [0.1, 0.15) is 110 Å². The lowest BCUT2D eigenvalue weighted by atomic mass is 10.0. The molecule has 0 aromatic heterocycles. The molecule has 2 N–H and O–H groups in total. The van der Waals surface area contributed by atoms with Crippen molar-refractivity contribution < 1.29 is 10.2 Å². The van der Waals surface area contributed by atoms with E-state index >= 15 is 0 Å². The van der Waals surface area contributed by atoms with E-state index in [-0.39, 0.29) is 0 Å². The van der Waals surface area contributed by atoms with Crippen LogP contribution in [0.4, 0.5) is 0 Å². The van der Waals surface area contributed by atoms with Gasteiger partial charge in [-0.3, -0.25) is 0 Å². The third-order valence-corrected chi connectivity index (χ3v) is 4.00. The van der Waals surface area contributed by atoms with E-state index in [4.69, 9.17) is 10.2 Å². The maximum absolute atomic E-state index is 8.63. The molecule has 0 atom stereocenters. The first-order valence-electron chi connectivity index (χ1n) is 9.01. The van der Waals surface area contributed by atoms with E-state index in [1.165, 1.54) is 83.5 Å². The Morgan fingerprint density at radius 1 is 0.500 bits per heavy atom. The fraction of sp³-hybridized carbons (Fsp3) is 0.944. The smallest absolute Gasteiger partial charge is 0.218 e. The van der Waals surface area contributed by atoms with Crippen molar-refractivity contribution in [3.63, 3.8) is 0 Å². The van der Waals surface area contributed by atoms with Crippen molar-refractivity contribution in [2.45, 2.75) is 110 Å². The zero-order valence-corrected chi connectivity index (χ0v) is 13.7. The fourth-order valence-electron chi connectivity index (χ4n) is 2.65. The molecule has 0 bridgehead atoms. The number of unbranched alkanes of at least 4 members (excludes halogenated alkanes) is 14. The molecule has 0 aliphatic carbocycles. The van der Waals surface area contributed by atoms with Gasteiger partial charge < -0.3 is 10.2 Å². The third-order valence-electron chi connectivity index (χ3n) is 4.00. The second-order valence-corrected chi connectivity index (χ2v) is 6.12. The van der Waals surface area contributed by atoms with Crippen LogP contribution in [0.5, 0.6) is 0 Å². The van der Waals surface area contributed by atoms with Gasteiger partial charge in [0.15, 0.2) is 0 Å². The maximum atomic E-state index is 8.63. The van der Waals surface area contributed by atoms with Gasteiger partial charge in [-0.05, 0) is 6.42 Å². The largest absolute Gasteiger partial charge is 0.361 e. The normalized spacial score (nSPS) is 11.4. The van der Waals surface area contributed by atoms with Crippen molar-refractivity contribution in [3.8, 4) is 0 Å². The molecule has 0 rings (SSSR count). The molecule has 1 radical (unpaired) electrons. The molecule has 0 fully saturated rings. The Labute approximate surface area is 127 Å². The minimum absolute atomic E-state index is 0.403. The fourth-order valence-corrected chi connectivity index (χ4v) is 2.65. The first kappa shape index (κ1) is 19.9. The Kier molecular flexibility index (Phi) is 16.9. The van der Waals surface area contributed by atoms with Gasteiger partial charge in [-0.25, -0.2) is 0 Å². The Bertz CT molecular complexity index is 169. The van der Waals surface area contributed by atoms with Crippen LogP contribution in [0.25, 0.3) is 0 Å². The lowest BCUT2D eigenvalue weighted by molar-refractivity contribution is 0.0704. The van der Waals surface area contributed by atoms with Gasteiger partial charge >= 0.3 is 0 Å². The van der Waals surface area contributed by atoms with E-state index in [9.17, 15) is 0 Å². The minimum atomic E-state index is -0.403. The molecule has 0 heterocycles. The number of aliphatic hydroxyl groups excluding tert-OH is 1. The van der Waals surface area contributed by atoms with Crippen molar-refractivity contribution in [1.29, 1.82) is 0 Å². The lowest BCUT2D eigenvalue weighted by Crippen LogP contribution is -1.92. The van der Waals surface area contributed by atoms with Crippen molar-refractivity contribution in [3.05, 3.63) is 6.29 Å². The standard InChI is InChI=1S/C18H37O2/c1-2-3-4-5-6-7-8-9-10-11-12-13-14-15-16-17-18(19)20/h19-20H,2-17H2,1H3. The number of hydrogen-bond acceptors (Lipinski definition) is 2. The summed E-state index contributed by atoms with van der Waals surface area (Å²) < 4.78 is 0. The summed E-state index contributed by atoms with van der Waals surface area (Å²) >= 11 is 0. The molecule has 0 aromatic rings. The van der Waals surface area contributed by atoms with Gasteiger partial charge in [0, 0.05) is 6.42 Å². The molecule has 121 valence electrons. The third kappa shape index (κ3) is 17.9. The van der Waals surface area contributed by atoms with Gasteiger partial charge in [0.2, 0.25) is 6.29 Å². The second kappa shape index (κ2) is 17.0. The van der Waals surface area contributed by atoms with Gasteiger partial charge in [0.25, 0.3) is 0 Å². The van der Waals surface area contributed by atoms with Gasteiger partial charge in [-0.15, -0.1) is 0 Å². The molecule has 0 unspecified atom stereocenters. The highest BCUT2D eigenvalue weighted by molar-refractivity contribution is 4.57. The average molecular weight is 285 g/mol. The zero-order valence-electron chi connectivity index (χ0n) is 13.7. The highest BCUT2D eigenvalue weighted by Gasteiger charge is 1.98. The summed E-state index contributed by atoms with van der Waals surface area (Å²) in [4.78, 5) is 0. The van der Waals surface area contributed by atoms with Gasteiger partial charge in [0.1, 0.15) is 0 Å². The van der Waals surface area contributed by atoms with Crippen molar-refractivity contribution in [2.75, 3.05) is 0 Å². The molecule has 0 saturated carbocycles. The van der Waals surface area contributed by atoms with Crippen LogP contribution in [0.15, 0.2) is 0 Å².